The molecule has 1 fully saturated rings. The van der Waals surface area contributed by atoms with Gasteiger partial charge in [0, 0.05) is 4.90 Å². The fourth-order valence-corrected chi connectivity index (χ4v) is 4.23. The van der Waals surface area contributed by atoms with Gasteiger partial charge in [-0.1, -0.05) is 23.9 Å². The fraction of sp³-hybridized carbons (Fsp3) is 0.389. The van der Waals surface area contributed by atoms with Crippen molar-refractivity contribution < 1.29 is 14.3 Å². The van der Waals surface area contributed by atoms with Crippen molar-refractivity contribution in [3.63, 3.8) is 0 Å². The number of benzene rings is 1. The van der Waals surface area contributed by atoms with Gasteiger partial charge in [0.25, 0.3) is 0 Å². The van der Waals surface area contributed by atoms with Crippen LogP contribution in [-0.2, 0) is 14.3 Å². The summed E-state index contributed by atoms with van der Waals surface area (Å²) in [4.78, 5) is 32.4. The topological polar surface area (TPSA) is 59.0 Å². The van der Waals surface area contributed by atoms with E-state index >= 15 is 0 Å². The summed E-state index contributed by atoms with van der Waals surface area (Å²) < 4.78 is 5.43. The lowest BCUT2D eigenvalue weighted by molar-refractivity contribution is -0.143. The van der Waals surface area contributed by atoms with Gasteiger partial charge in [-0.05, 0) is 44.7 Å². The Bertz CT molecular complexity index is 769. The summed E-state index contributed by atoms with van der Waals surface area (Å²) in [6, 6.07) is 7.44. The molecular formula is C18H20N2O3S2. The SMILES string of the molecule is CSc1ccc([C@H]2C(C(=O)OC(C)C)=C(C)N=C3SCC(=O)N32)cc1. The van der Waals surface area contributed by atoms with E-state index in [1.165, 1.54) is 11.8 Å². The maximum absolute atomic E-state index is 12.7. The lowest BCUT2D eigenvalue weighted by atomic mass is 9.94. The normalized spacial score (nSPS) is 20.0. The van der Waals surface area contributed by atoms with Crippen LogP contribution in [0.2, 0.25) is 0 Å². The van der Waals surface area contributed by atoms with Crippen molar-refractivity contribution in [3.8, 4) is 0 Å². The van der Waals surface area contributed by atoms with E-state index in [1.54, 1.807) is 23.6 Å². The highest BCUT2D eigenvalue weighted by atomic mass is 32.2. The number of allylic oxidation sites excluding steroid dienone is 1. The number of aliphatic imine (C=N–C) groups is 1. The minimum atomic E-state index is -0.489. The maximum Gasteiger partial charge on any atom is 0.338 e. The van der Waals surface area contributed by atoms with Gasteiger partial charge in [-0.25, -0.2) is 9.79 Å². The predicted molar refractivity (Wildman–Crippen MR) is 102 cm³/mol. The third-order valence-corrected chi connectivity index (χ3v) is 5.66. The van der Waals surface area contributed by atoms with Crippen LogP contribution in [0.5, 0.6) is 0 Å². The lowest BCUT2D eigenvalue weighted by Crippen LogP contribution is -2.40. The zero-order chi connectivity index (χ0) is 18.1. The van der Waals surface area contributed by atoms with Gasteiger partial charge in [0.2, 0.25) is 5.91 Å². The van der Waals surface area contributed by atoms with Crippen LogP contribution in [0.3, 0.4) is 0 Å². The average molecular weight is 377 g/mol. The molecule has 5 nitrogen and oxygen atoms in total. The van der Waals surface area contributed by atoms with E-state index in [9.17, 15) is 9.59 Å². The zero-order valence-electron chi connectivity index (χ0n) is 14.6. The molecule has 0 radical (unpaired) electrons. The second-order valence-corrected chi connectivity index (χ2v) is 7.90. The molecule has 1 aromatic rings. The van der Waals surface area contributed by atoms with Crippen molar-refractivity contribution in [1.82, 2.24) is 4.90 Å². The van der Waals surface area contributed by atoms with E-state index in [1.807, 2.05) is 44.4 Å². The smallest absolute Gasteiger partial charge is 0.338 e. The third kappa shape index (κ3) is 3.48. The van der Waals surface area contributed by atoms with Crippen molar-refractivity contribution in [1.29, 1.82) is 0 Å². The maximum atomic E-state index is 12.7. The first kappa shape index (κ1) is 18.1. The van der Waals surface area contributed by atoms with Gasteiger partial charge < -0.3 is 4.74 Å². The van der Waals surface area contributed by atoms with E-state index < -0.39 is 12.0 Å². The molecule has 0 aromatic heterocycles. The van der Waals surface area contributed by atoms with Gasteiger partial charge in [0.05, 0.1) is 29.2 Å². The second kappa shape index (κ2) is 7.25. The number of rotatable bonds is 4. The molecule has 1 amide bonds. The van der Waals surface area contributed by atoms with Crippen LogP contribution >= 0.6 is 23.5 Å². The van der Waals surface area contributed by atoms with E-state index in [-0.39, 0.29) is 12.0 Å². The molecule has 2 aliphatic rings. The monoisotopic (exact) mass is 376 g/mol. The van der Waals surface area contributed by atoms with Gasteiger partial charge in [0.15, 0.2) is 5.17 Å². The van der Waals surface area contributed by atoms with Crippen molar-refractivity contribution >= 4 is 40.6 Å². The van der Waals surface area contributed by atoms with Crippen LogP contribution in [0.4, 0.5) is 0 Å². The first-order valence-electron chi connectivity index (χ1n) is 8.01. The van der Waals surface area contributed by atoms with Crippen molar-refractivity contribution in [3.05, 3.63) is 41.1 Å². The minimum absolute atomic E-state index is 0.0370. The molecule has 0 saturated carbocycles. The van der Waals surface area contributed by atoms with E-state index in [0.29, 0.717) is 22.2 Å². The number of fused-ring (bicyclic) bond motifs is 1. The predicted octanol–water partition coefficient (Wildman–Crippen LogP) is 3.62. The number of esters is 1. The first-order chi connectivity index (χ1) is 11.9. The van der Waals surface area contributed by atoms with E-state index in [0.717, 1.165) is 10.5 Å². The molecule has 0 N–H and O–H groups in total. The number of carbonyl (C=O) groups excluding carboxylic acids is 2. The first-order valence-corrected chi connectivity index (χ1v) is 10.2. The molecule has 1 saturated heterocycles. The highest BCUT2D eigenvalue weighted by molar-refractivity contribution is 8.15. The molecule has 132 valence electrons. The van der Waals surface area contributed by atoms with Crippen LogP contribution in [0, 0.1) is 0 Å². The Balaban J connectivity index is 2.09. The van der Waals surface area contributed by atoms with Gasteiger partial charge >= 0.3 is 5.97 Å². The quantitative estimate of drug-likeness (QED) is 0.593. The molecule has 2 aliphatic heterocycles. The number of ether oxygens (including phenoxy) is 1. The van der Waals surface area contributed by atoms with Crippen molar-refractivity contribution in [2.75, 3.05) is 12.0 Å². The van der Waals surface area contributed by atoms with Gasteiger partial charge in [-0.2, -0.15) is 0 Å². The van der Waals surface area contributed by atoms with Crippen molar-refractivity contribution in [2.24, 2.45) is 4.99 Å². The number of carbonyl (C=O) groups is 2. The molecule has 3 rings (SSSR count). The third-order valence-electron chi connectivity index (χ3n) is 3.98. The molecule has 2 heterocycles. The minimum Gasteiger partial charge on any atom is -0.459 e. The Morgan fingerprint density at radius 1 is 1.36 bits per heavy atom. The summed E-state index contributed by atoms with van der Waals surface area (Å²) in [5.41, 5.74) is 1.93. The summed E-state index contributed by atoms with van der Waals surface area (Å²) in [6.07, 6.45) is 1.78. The van der Waals surface area contributed by atoms with E-state index in [2.05, 4.69) is 4.99 Å². The van der Waals surface area contributed by atoms with E-state index in [4.69, 9.17) is 4.74 Å². The molecule has 0 unspecified atom stereocenters. The van der Waals surface area contributed by atoms with Gasteiger partial charge in [0.1, 0.15) is 0 Å². The van der Waals surface area contributed by atoms with Crippen LogP contribution < -0.4 is 0 Å². The summed E-state index contributed by atoms with van der Waals surface area (Å²) in [7, 11) is 0. The number of thioether (sulfide) groups is 2. The molecule has 0 aliphatic carbocycles. The van der Waals surface area contributed by atoms with Gasteiger partial charge in [-0.15, -0.1) is 11.8 Å². The van der Waals surface area contributed by atoms with Crippen LogP contribution in [-0.4, -0.2) is 40.1 Å². The Hall–Kier alpha value is -1.73. The molecule has 0 bridgehead atoms. The Labute approximate surface area is 155 Å². The Morgan fingerprint density at radius 3 is 2.64 bits per heavy atom. The zero-order valence-corrected chi connectivity index (χ0v) is 16.2. The lowest BCUT2D eigenvalue weighted by Gasteiger charge is -2.33. The Morgan fingerprint density at radius 2 is 2.04 bits per heavy atom. The summed E-state index contributed by atoms with van der Waals surface area (Å²) >= 11 is 3.06. The highest BCUT2D eigenvalue weighted by Gasteiger charge is 2.43. The largest absolute Gasteiger partial charge is 0.459 e. The summed E-state index contributed by atoms with van der Waals surface area (Å²) in [6.45, 7) is 5.42. The van der Waals surface area contributed by atoms with Crippen LogP contribution in [0.1, 0.15) is 32.4 Å². The summed E-state index contributed by atoms with van der Waals surface area (Å²) in [5.74, 6) is -0.109. The van der Waals surface area contributed by atoms with Crippen LogP contribution in [0.15, 0.2) is 45.4 Å². The standard InChI is InChI=1S/C18H20N2O3S2/c1-10(2)23-17(22)15-11(3)19-18-20(14(21)9-25-18)16(15)12-5-7-13(24-4)8-6-12/h5-8,10,16H,9H2,1-4H3/t16-/m0/s1. The number of amides is 1. The number of hydrogen-bond acceptors (Lipinski definition) is 6. The molecule has 0 spiro atoms. The molecule has 1 atom stereocenters. The number of hydrogen-bond donors (Lipinski definition) is 0. The van der Waals surface area contributed by atoms with Crippen molar-refractivity contribution in [2.45, 2.75) is 37.8 Å². The highest BCUT2D eigenvalue weighted by Crippen LogP contribution is 2.41. The number of amidine groups is 1. The molecular weight excluding hydrogens is 356 g/mol. The second-order valence-electron chi connectivity index (χ2n) is 6.08. The van der Waals surface area contributed by atoms with Crippen LogP contribution in [0.25, 0.3) is 0 Å². The number of nitrogens with zero attached hydrogens (tertiary/aromatic N) is 2. The Kier molecular flexibility index (Phi) is 5.24. The van der Waals surface area contributed by atoms with Gasteiger partial charge in [-0.3, -0.25) is 9.69 Å². The average Bonchev–Trinajstić information content (AvgIpc) is 2.93. The fourth-order valence-electron chi connectivity index (χ4n) is 2.88. The molecule has 25 heavy (non-hydrogen) atoms. The molecule has 7 heteroatoms. The molecule has 1 aromatic carbocycles. The summed E-state index contributed by atoms with van der Waals surface area (Å²) in [5, 5.41) is 0.655.